The minimum absolute atomic E-state index is 0.0720. The van der Waals surface area contributed by atoms with Crippen LogP contribution in [0.4, 0.5) is 0 Å². The number of carbonyl (C=O) groups excluding carboxylic acids is 1. The lowest BCUT2D eigenvalue weighted by molar-refractivity contribution is -0.121. The van der Waals surface area contributed by atoms with Gasteiger partial charge in [0.15, 0.2) is 0 Å². The van der Waals surface area contributed by atoms with Crippen LogP contribution in [0.25, 0.3) is 11.4 Å². The van der Waals surface area contributed by atoms with Crippen LogP contribution in [0.2, 0.25) is 0 Å². The van der Waals surface area contributed by atoms with Crippen LogP contribution < -0.4 is 10.1 Å². The van der Waals surface area contributed by atoms with Crippen molar-refractivity contribution in [1.29, 1.82) is 0 Å². The highest BCUT2D eigenvalue weighted by atomic mass is 16.5. The number of benzene rings is 2. The van der Waals surface area contributed by atoms with Crippen molar-refractivity contribution in [1.82, 2.24) is 35.1 Å². The van der Waals surface area contributed by atoms with E-state index < -0.39 is 0 Å². The summed E-state index contributed by atoms with van der Waals surface area (Å²) in [6.45, 7) is 0.503. The van der Waals surface area contributed by atoms with Gasteiger partial charge in [-0.2, -0.15) is 4.80 Å². The first kappa shape index (κ1) is 21.2. The first-order chi connectivity index (χ1) is 15.6. The second-order valence-corrected chi connectivity index (χ2v) is 7.35. The molecule has 32 heavy (non-hydrogen) atoms. The summed E-state index contributed by atoms with van der Waals surface area (Å²) in [5, 5.41) is 15.7. The molecule has 0 aliphatic heterocycles. The smallest absolute Gasteiger partial charge is 0.220 e. The molecule has 2 heterocycles. The van der Waals surface area contributed by atoms with Crippen LogP contribution in [0.5, 0.6) is 5.75 Å². The van der Waals surface area contributed by atoms with Crippen molar-refractivity contribution in [2.24, 2.45) is 7.05 Å². The van der Waals surface area contributed by atoms with Gasteiger partial charge < -0.3 is 14.6 Å². The molecule has 1 N–H and O–H groups in total. The number of nitrogens with one attached hydrogen (secondary N) is 1. The summed E-state index contributed by atoms with van der Waals surface area (Å²) >= 11 is 0. The number of ether oxygens (including phenoxy) is 1. The van der Waals surface area contributed by atoms with E-state index >= 15 is 0 Å². The predicted molar refractivity (Wildman–Crippen MR) is 119 cm³/mol. The minimum Gasteiger partial charge on any atom is -0.497 e. The number of imidazole rings is 1. The quantitative estimate of drug-likeness (QED) is 0.437. The molecule has 9 heteroatoms. The number of carbonyl (C=O) groups is 1. The van der Waals surface area contributed by atoms with Gasteiger partial charge in [0.2, 0.25) is 11.7 Å². The van der Waals surface area contributed by atoms with E-state index in [1.807, 2.05) is 72.4 Å². The molecule has 0 aliphatic carbocycles. The van der Waals surface area contributed by atoms with Crippen molar-refractivity contribution in [2.75, 3.05) is 7.11 Å². The van der Waals surface area contributed by atoms with Crippen LogP contribution in [0.1, 0.15) is 30.3 Å². The van der Waals surface area contributed by atoms with E-state index in [4.69, 9.17) is 4.74 Å². The zero-order valence-electron chi connectivity index (χ0n) is 18.0. The van der Waals surface area contributed by atoms with E-state index in [-0.39, 0.29) is 11.9 Å². The molecule has 0 saturated heterocycles. The third kappa shape index (κ3) is 5.00. The first-order valence-corrected chi connectivity index (χ1v) is 10.4. The normalized spacial score (nSPS) is 11.8. The Hall–Kier alpha value is -4.01. The van der Waals surface area contributed by atoms with E-state index in [2.05, 4.69) is 25.7 Å². The van der Waals surface area contributed by atoms with Crippen LogP contribution in [0.15, 0.2) is 67.0 Å². The summed E-state index contributed by atoms with van der Waals surface area (Å²) in [5.41, 5.74) is 1.84. The second-order valence-electron chi connectivity index (χ2n) is 7.35. The SMILES string of the molecule is COc1ccc(C(NC(=O)CCCn2nnc(-c3ccccc3)n2)c2nccn2C)cc1. The number of nitrogens with zero attached hydrogens (tertiary/aromatic N) is 6. The Labute approximate surface area is 186 Å². The molecule has 0 saturated carbocycles. The fraction of sp³-hybridized carbons (Fsp3) is 0.261. The summed E-state index contributed by atoms with van der Waals surface area (Å²) in [6.07, 6.45) is 4.50. The lowest BCUT2D eigenvalue weighted by Gasteiger charge is -2.19. The fourth-order valence-electron chi connectivity index (χ4n) is 3.40. The van der Waals surface area contributed by atoms with Gasteiger partial charge in [0.25, 0.3) is 0 Å². The van der Waals surface area contributed by atoms with Crippen molar-refractivity contribution >= 4 is 5.91 Å². The molecule has 0 fully saturated rings. The molecular weight excluding hydrogens is 406 g/mol. The van der Waals surface area contributed by atoms with E-state index in [1.165, 1.54) is 4.80 Å². The number of tetrazole rings is 1. The third-order valence-corrected chi connectivity index (χ3v) is 5.12. The molecule has 1 amide bonds. The van der Waals surface area contributed by atoms with Crippen molar-refractivity contribution < 1.29 is 9.53 Å². The van der Waals surface area contributed by atoms with E-state index in [0.29, 0.717) is 25.2 Å². The molecule has 4 rings (SSSR count). The Morgan fingerprint density at radius 2 is 1.91 bits per heavy atom. The molecular formula is C23H25N7O2. The molecule has 0 radical (unpaired) electrons. The summed E-state index contributed by atoms with van der Waals surface area (Å²) in [4.78, 5) is 18.7. The van der Waals surface area contributed by atoms with Crippen LogP contribution in [-0.4, -0.2) is 42.8 Å². The first-order valence-electron chi connectivity index (χ1n) is 10.4. The van der Waals surface area contributed by atoms with Crippen molar-refractivity contribution in [3.05, 3.63) is 78.4 Å². The van der Waals surface area contributed by atoms with E-state index in [1.54, 1.807) is 13.3 Å². The number of hydrogen-bond donors (Lipinski definition) is 1. The zero-order chi connectivity index (χ0) is 22.3. The molecule has 1 atom stereocenters. The molecule has 0 aliphatic rings. The van der Waals surface area contributed by atoms with Crippen LogP contribution in [-0.2, 0) is 18.4 Å². The fourth-order valence-corrected chi connectivity index (χ4v) is 3.40. The minimum atomic E-state index is -0.359. The Bertz CT molecular complexity index is 1150. The van der Waals surface area contributed by atoms with Gasteiger partial charge in [-0.25, -0.2) is 4.98 Å². The molecule has 4 aromatic rings. The zero-order valence-corrected chi connectivity index (χ0v) is 18.0. The molecule has 164 valence electrons. The molecule has 2 aromatic heterocycles. The van der Waals surface area contributed by atoms with Crippen LogP contribution >= 0.6 is 0 Å². The largest absolute Gasteiger partial charge is 0.497 e. The Kier molecular flexibility index (Phi) is 6.54. The number of hydrogen-bond acceptors (Lipinski definition) is 6. The van der Waals surface area contributed by atoms with Gasteiger partial charge in [0.05, 0.1) is 13.7 Å². The summed E-state index contributed by atoms with van der Waals surface area (Å²) in [5.74, 6) is 2.02. The standard InChI is InChI=1S/C23H25N7O2/c1-29-16-14-24-23(29)21(17-10-12-19(32-2)13-11-17)25-20(31)9-6-15-30-27-22(26-28-30)18-7-4-3-5-8-18/h3-5,7-8,10-14,16,21H,6,9,15H2,1-2H3,(H,25,31). The van der Waals surface area contributed by atoms with Crippen LogP contribution in [0, 0.1) is 0 Å². The van der Waals surface area contributed by atoms with Gasteiger partial charge in [0.1, 0.15) is 17.6 Å². The van der Waals surface area contributed by atoms with Crippen LogP contribution in [0.3, 0.4) is 0 Å². The Morgan fingerprint density at radius 3 is 2.59 bits per heavy atom. The number of aryl methyl sites for hydroxylation is 2. The van der Waals surface area contributed by atoms with Crippen molar-refractivity contribution in [2.45, 2.75) is 25.4 Å². The maximum absolute atomic E-state index is 12.7. The summed E-state index contributed by atoms with van der Waals surface area (Å²) in [7, 11) is 3.53. The molecule has 0 bridgehead atoms. The lowest BCUT2D eigenvalue weighted by Crippen LogP contribution is -2.31. The number of methoxy groups -OCH3 is 1. The topological polar surface area (TPSA) is 99.8 Å². The van der Waals surface area contributed by atoms with Gasteiger partial charge in [-0.15, -0.1) is 10.2 Å². The highest BCUT2D eigenvalue weighted by Gasteiger charge is 2.20. The van der Waals surface area contributed by atoms with Gasteiger partial charge in [-0.3, -0.25) is 4.79 Å². The Morgan fingerprint density at radius 1 is 1.12 bits per heavy atom. The second kappa shape index (κ2) is 9.86. The van der Waals surface area contributed by atoms with Gasteiger partial charge in [0, 0.05) is 31.4 Å². The Balaban J connectivity index is 1.37. The third-order valence-electron chi connectivity index (χ3n) is 5.12. The lowest BCUT2D eigenvalue weighted by atomic mass is 10.1. The van der Waals surface area contributed by atoms with Crippen molar-refractivity contribution in [3.8, 4) is 17.1 Å². The van der Waals surface area contributed by atoms with E-state index in [9.17, 15) is 4.79 Å². The molecule has 0 spiro atoms. The summed E-state index contributed by atoms with van der Waals surface area (Å²) in [6, 6.07) is 16.9. The number of rotatable bonds is 9. The van der Waals surface area contributed by atoms with Gasteiger partial charge >= 0.3 is 0 Å². The van der Waals surface area contributed by atoms with E-state index in [0.717, 1.165) is 22.7 Å². The highest BCUT2D eigenvalue weighted by Crippen LogP contribution is 2.23. The molecule has 1 unspecified atom stereocenters. The maximum Gasteiger partial charge on any atom is 0.220 e. The van der Waals surface area contributed by atoms with Gasteiger partial charge in [-0.05, 0) is 29.3 Å². The molecule has 2 aromatic carbocycles. The number of aromatic nitrogens is 6. The van der Waals surface area contributed by atoms with Gasteiger partial charge in [-0.1, -0.05) is 42.5 Å². The van der Waals surface area contributed by atoms with Crippen molar-refractivity contribution in [3.63, 3.8) is 0 Å². The molecule has 9 nitrogen and oxygen atoms in total. The summed E-state index contributed by atoms with van der Waals surface area (Å²) < 4.78 is 7.14. The average Bonchev–Trinajstić information content (AvgIpc) is 3.47. The monoisotopic (exact) mass is 431 g/mol. The average molecular weight is 432 g/mol. The predicted octanol–water partition coefficient (Wildman–Crippen LogP) is 2.77. The highest BCUT2D eigenvalue weighted by molar-refractivity contribution is 5.76. The number of amides is 1. The maximum atomic E-state index is 12.7.